The number of hydrogen-bond donors (Lipinski definition) is 0. The largest absolute Gasteiger partial charge is 0.304 e. The van der Waals surface area contributed by atoms with Crippen LogP contribution in [0.2, 0.25) is 0 Å². The molecule has 0 bridgehead atoms. The Bertz CT molecular complexity index is 127. The van der Waals surface area contributed by atoms with Crippen molar-refractivity contribution in [1.82, 2.24) is 4.90 Å². The van der Waals surface area contributed by atoms with E-state index in [1.54, 1.807) is 0 Å². The van der Waals surface area contributed by atoms with Crippen LogP contribution in [0.25, 0.3) is 0 Å². The van der Waals surface area contributed by atoms with Crippen LogP contribution in [0.3, 0.4) is 0 Å². The molecule has 2 atom stereocenters. The van der Waals surface area contributed by atoms with E-state index in [0.29, 0.717) is 5.92 Å². The fourth-order valence-corrected chi connectivity index (χ4v) is 1.83. The van der Waals surface area contributed by atoms with Crippen molar-refractivity contribution in [1.29, 1.82) is 0 Å². The second-order valence-corrected chi connectivity index (χ2v) is 3.77. The molecule has 0 aromatic rings. The molecule has 0 N–H and O–H groups in total. The second kappa shape index (κ2) is 7.14. The highest BCUT2D eigenvalue weighted by Gasteiger charge is 2.13. The lowest BCUT2D eigenvalue weighted by Gasteiger charge is -2.26. The van der Waals surface area contributed by atoms with Crippen LogP contribution in [-0.2, 0) is 0 Å². The van der Waals surface area contributed by atoms with E-state index in [2.05, 4.69) is 45.2 Å². The Morgan fingerprint density at radius 3 is 2.08 bits per heavy atom. The summed E-state index contributed by atoms with van der Waals surface area (Å²) >= 11 is 0. The molecule has 2 unspecified atom stereocenters. The van der Waals surface area contributed by atoms with Gasteiger partial charge in [-0.25, -0.2) is 0 Å². The zero-order valence-electron chi connectivity index (χ0n) is 9.71. The van der Waals surface area contributed by atoms with E-state index in [1.807, 2.05) is 0 Å². The molecule has 0 aromatic carbocycles. The number of allylic oxidation sites excluding steroid dienone is 1. The van der Waals surface area contributed by atoms with Gasteiger partial charge in [-0.3, -0.25) is 0 Å². The molecule has 0 heterocycles. The van der Waals surface area contributed by atoms with Crippen molar-refractivity contribution in [3.8, 4) is 0 Å². The van der Waals surface area contributed by atoms with Crippen molar-refractivity contribution in [2.75, 3.05) is 19.6 Å². The average Bonchev–Trinajstić information content (AvgIpc) is 2.16. The minimum Gasteiger partial charge on any atom is -0.304 e. The van der Waals surface area contributed by atoms with Crippen molar-refractivity contribution < 1.29 is 0 Å². The lowest BCUT2D eigenvalue weighted by molar-refractivity contribution is 0.231. The quantitative estimate of drug-likeness (QED) is 0.548. The summed E-state index contributed by atoms with van der Waals surface area (Å²) in [5.41, 5.74) is 0. The van der Waals surface area contributed by atoms with Crippen molar-refractivity contribution in [2.24, 2.45) is 11.8 Å². The molecule has 0 radical (unpaired) electrons. The third-order valence-corrected chi connectivity index (χ3v) is 2.95. The van der Waals surface area contributed by atoms with Gasteiger partial charge in [-0.15, -0.1) is 6.58 Å². The highest BCUT2D eigenvalue weighted by atomic mass is 15.1. The zero-order chi connectivity index (χ0) is 10.3. The number of nitrogens with zero attached hydrogens (tertiary/aromatic N) is 1. The van der Waals surface area contributed by atoms with Gasteiger partial charge in [-0.1, -0.05) is 33.8 Å². The minimum atomic E-state index is 0.681. The maximum Gasteiger partial charge on any atom is 0.00124 e. The topological polar surface area (TPSA) is 3.24 Å². The number of rotatable bonds is 7. The monoisotopic (exact) mass is 183 g/mol. The van der Waals surface area contributed by atoms with Gasteiger partial charge >= 0.3 is 0 Å². The molecule has 0 rings (SSSR count). The molecule has 0 aliphatic carbocycles. The fraction of sp³-hybridized carbons (Fsp3) is 0.833. The normalized spacial score (nSPS) is 15.8. The average molecular weight is 183 g/mol. The summed E-state index contributed by atoms with van der Waals surface area (Å²) < 4.78 is 0. The Hall–Kier alpha value is -0.300. The molecule has 0 fully saturated rings. The molecule has 0 amide bonds. The Kier molecular flexibility index (Phi) is 6.97. The molecule has 1 nitrogen and oxygen atoms in total. The van der Waals surface area contributed by atoms with Crippen LogP contribution >= 0.6 is 0 Å². The maximum atomic E-state index is 3.89. The number of hydrogen-bond acceptors (Lipinski definition) is 1. The summed E-state index contributed by atoms with van der Waals surface area (Å²) in [6, 6.07) is 0. The molecular formula is C12H25N. The van der Waals surface area contributed by atoms with E-state index in [-0.39, 0.29) is 0 Å². The highest BCUT2D eigenvalue weighted by molar-refractivity contribution is 4.83. The van der Waals surface area contributed by atoms with Crippen molar-refractivity contribution in [3.05, 3.63) is 12.7 Å². The molecule has 78 valence electrons. The van der Waals surface area contributed by atoms with Gasteiger partial charge in [0.05, 0.1) is 0 Å². The van der Waals surface area contributed by atoms with Gasteiger partial charge in [0.25, 0.3) is 0 Å². The lowest BCUT2D eigenvalue weighted by Crippen LogP contribution is -2.30. The van der Waals surface area contributed by atoms with E-state index >= 15 is 0 Å². The van der Waals surface area contributed by atoms with Crippen LogP contribution < -0.4 is 0 Å². The van der Waals surface area contributed by atoms with Crippen LogP contribution in [0.5, 0.6) is 0 Å². The summed E-state index contributed by atoms with van der Waals surface area (Å²) in [6.45, 7) is 16.4. The predicted octanol–water partition coefficient (Wildman–Crippen LogP) is 3.18. The van der Waals surface area contributed by atoms with Crippen molar-refractivity contribution in [2.45, 2.75) is 34.1 Å². The summed E-state index contributed by atoms with van der Waals surface area (Å²) in [7, 11) is 0. The summed E-state index contributed by atoms with van der Waals surface area (Å²) in [4.78, 5) is 2.48. The zero-order valence-corrected chi connectivity index (χ0v) is 9.71. The van der Waals surface area contributed by atoms with Gasteiger partial charge in [0.2, 0.25) is 0 Å². The third-order valence-electron chi connectivity index (χ3n) is 2.95. The molecule has 0 aliphatic heterocycles. The first-order chi connectivity index (χ1) is 6.19. The standard InChI is InChI=1S/C12H25N/c1-6-12(7-2)11(5)10-13(8-3)9-4/h6,11-12H,1,7-10H2,2-5H3. The highest BCUT2D eigenvalue weighted by Crippen LogP contribution is 2.17. The van der Waals surface area contributed by atoms with Crippen LogP contribution in [0.4, 0.5) is 0 Å². The molecule has 0 saturated carbocycles. The van der Waals surface area contributed by atoms with E-state index in [9.17, 15) is 0 Å². The summed E-state index contributed by atoms with van der Waals surface area (Å²) in [5.74, 6) is 1.42. The van der Waals surface area contributed by atoms with Gasteiger partial charge in [-0.2, -0.15) is 0 Å². The fourth-order valence-electron chi connectivity index (χ4n) is 1.83. The van der Waals surface area contributed by atoms with Crippen LogP contribution in [0.1, 0.15) is 34.1 Å². The molecule has 0 saturated heterocycles. The first-order valence-electron chi connectivity index (χ1n) is 5.54. The lowest BCUT2D eigenvalue weighted by atomic mass is 9.91. The van der Waals surface area contributed by atoms with Crippen molar-refractivity contribution >= 4 is 0 Å². The molecule has 1 heteroatoms. The minimum absolute atomic E-state index is 0.681. The van der Waals surface area contributed by atoms with Gasteiger partial charge < -0.3 is 4.90 Å². The van der Waals surface area contributed by atoms with Gasteiger partial charge in [0.1, 0.15) is 0 Å². The molecule has 0 aromatic heterocycles. The molecular weight excluding hydrogens is 158 g/mol. The first kappa shape index (κ1) is 12.7. The third kappa shape index (κ3) is 4.47. The maximum absolute atomic E-state index is 3.89. The smallest absolute Gasteiger partial charge is 0.00124 e. The van der Waals surface area contributed by atoms with E-state index in [1.165, 1.54) is 13.0 Å². The molecule has 13 heavy (non-hydrogen) atoms. The second-order valence-electron chi connectivity index (χ2n) is 3.77. The van der Waals surface area contributed by atoms with E-state index in [0.717, 1.165) is 19.0 Å². The Morgan fingerprint density at radius 2 is 1.77 bits per heavy atom. The van der Waals surface area contributed by atoms with Gasteiger partial charge in [-0.05, 0) is 31.3 Å². The van der Waals surface area contributed by atoms with Crippen molar-refractivity contribution in [3.63, 3.8) is 0 Å². The van der Waals surface area contributed by atoms with Crippen LogP contribution in [-0.4, -0.2) is 24.5 Å². The van der Waals surface area contributed by atoms with Gasteiger partial charge in [0, 0.05) is 6.54 Å². The van der Waals surface area contributed by atoms with E-state index in [4.69, 9.17) is 0 Å². The Labute approximate surface area is 83.8 Å². The Balaban J connectivity index is 3.94. The summed E-state index contributed by atoms with van der Waals surface area (Å²) in [5, 5.41) is 0. The predicted molar refractivity (Wildman–Crippen MR) is 60.9 cm³/mol. The van der Waals surface area contributed by atoms with E-state index < -0.39 is 0 Å². The van der Waals surface area contributed by atoms with Crippen LogP contribution in [0.15, 0.2) is 12.7 Å². The Morgan fingerprint density at radius 1 is 1.23 bits per heavy atom. The summed E-state index contributed by atoms with van der Waals surface area (Å²) in [6.07, 6.45) is 3.32. The van der Waals surface area contributed by atoms with Gasteiger partial charge in [0.15, 0.2) is 0 Å². The molecule has 0 aliphatic rings. The first-order valence-corrected chi connectivity index (χ1v) is 5.54. The SMILES string of the molecule is C=CC(CC)C(C)CN(CC)CC. The molecule has 0 spiro atoms. The van der Waals surface area contributed by atoms with Crippen LogP contribution in [0, 0.1) is 11.8 Å².